The van der Waals surface area contributed by atoms with Crippen LogP contribution in [0.4, 0.5) is 0 Å². The second-order valence-electron chi connectivity index (χ2n) is 9.07. The lowest BCUT2D eigenvalue weighted by Gasteiger charge is -2.31. The van der Waals surface area contributed by atoms with Crippen LogP contribution in [0.15, 0.2) is 6.20 Å². The Kier molecular flexibility index (Phi) is 5.86. The molecule has 1 amide bonds. The van der Waals surface area contributed by atoms with Crippen molar-refractivity contribution in [2.45, 2.75) is 71.3 Å². The first-order chi connectivity index (χ1) is 13.1. The standard InChI is InChI=1S/C22H36N4O/c1-3-24-10-7-18(8-11-24)13-21(27)25-12-9-19(15-25)16-26-17(2)14-23-22(26)20-5-4-6-20/h14,18-20H,3-13,15-16H2,1-2H3. The maximum Gasteiger partial charge on any atom is 0.222 e. The molecule has 0 spiro atoms. The van der Waals surface area contributed by atoms with Crippen LogP contribution in [0.2, 0.25) is 0 Å². The molecule has 3 fully saturated rings. The third kappa shape index (κ3) is 4.23. The third-order valence-corrected chi connectivity index (χ3v) is 7.25. The molecule has 5 heteroatoms. The van der Waals surface area contributed by atoms with Gasteiger partial charge >= 0.3 is 0 Å². The summed E-state index contributed by atoms with van der Waals surface area (Å²) in [4.78, 5) is 22.2. The smallest absolute Gasteiger partial charge is 0.222 e. The minimum atomic E-state index is 0.397. The van der Waals surface area contributed by atoms with Crippen molar-refractivity contribution in [3.8, 4) is 0 Å². The van der Waals surface area contributed by atoms with Gasteiger partial charge in [-0.3, -0.25) is 4.79 Å². The van der Waals surface area contributed by atoms with E-state index in [1.807, 2.05) is 6.20 Å². The van der Waals surface area contributed by atoms with Crippen LogP contribution in [0.3, 0.4) is 0 Å². The lowest BCUT2D eigenvalue weighted by Crippen LogP contribution is -2.36. The predicted molar refractivity (Wildman–Crippen MR) is 108 cm³/mol. The molecular formula is C22H36N4O. The second kappa shape index (κ2) is 8.34. The Bertz CT molecular complexity index is 643. The zero-order valence-electron chi connectivity index (χ0n) is 17.2. The monoisotopic (exact) mass is 372 g/mol. The number of carbonyl (C=O) groups is 1. The van der Waals surface area contributed by atoms with Crippen LogP contribution in [-0.4, -0.2) is 58.0 Å². The molecule has 5 nitrogen and oxygen atoms in total. The molecule has 4 rings (SSSR count). The van der Waals surface area contributed by atoms with E-state index in [2.05, 4.69) is 28.2 Å². The molecular weight excluding hydrogens is 336 g/mol. The highest BCUT2D eigenvalue weighted by Crippen LogP contribution is 2.36. The summed E-state index contributed by atoms with van der Waals surface area (Å²) in [5.74, 6) is 3.55. The summed E-state index contributed by atoms with van der Waals surface area (Å²) in [6, 6.07) is 0. The minimum absolute atomic E-state index is 0.397. The Labute approximate surface area is 164 Å². The second-order valence-corrected chi connectivity index (χ2v) is 9.07. The molecule has 1 aliphatic carbocycles. The molecule has 150 valence electrons. The largest absolute Gasteiger partial charge is 0.342 e. The number of amides is 1. The zero-order valence-corrected chi connectivity index (χ0v) is 17.2. The van der Waals surface area contributed by atoms with E-state index in [1.54, 1.807) is 0 Å². The number of hydrogen-bond donors (Lipinski definition) is 0. The highest BCUT2D eigenvalue weighted by molar-refractivity contribution is 5.76. The van der Waals surface area contributed by atoms with Crippen molar-refractivity contribution < 1.29 is 4.79 Å². The van der Waals surface area contributed by atoms with Crippen LogP contribution in [-0.2, 0) is 11.3 Å². The van der Waals surface area contributed by atoms with Crippen LogP contribution < -0.4 is 0 Å². The zero-order chi connectivity index (χ0) is 18.8. The maximum atomic E-state index is 12.8. The van der Waals surface area contributed by atoms with Gasteiger partial charge in [-0.15, -0.1) is 0 Å². The van der Waals surface area contributed by atoms with Crippen LogP contribution in [0.5, 0.6) is 0 Å². The normalized spacial score (nSPS) is 25.1. The Balaban J connectivity index is 1.28. The Morgan fingerprint density at radius 3 is 2.52 bits per heavy atom. The van der Waals surface area contributed by atoms with Crippen molar-refractivity contribution in [3.63, 3.8) is 0 Å². The first-order valence-electron chi connectivity index (χ1n) is 11.2. The van der Waals surface area contributed by atoms with Crippen molar-refractivity contribution in [2.24, 2.45) is 11.8 Å². The number of piperidine rings is 1. The molecule has 1 aromatic rings. The summed E-state index contributed by atoms with van der Waals surface area (Å²) < 4.78 is 2.45. The molecule has 0 radical (unpaired) electrons. The topological polar surface area (TPSA) is 41.4 Å². The summed E-state index contributed by atoms with van der Waals surface area (Å²) in [6.07, 6.45) is 10.3. The fraction of sp³-hybridized carbons (Fsp3) is 0.818. The van der Waals surface area contributed by atoms with Gasteiger partial charge in [0, 0.05) is 43.9 Å². The van der Waals surface area contributed by atoms with Gasteiger partial charge in [-0.2, -0.15) is 0 Å². The van der Waals surface area contributed by atoms with Crippen molar-refractivity contribution in [3.05, 3.63) is 17.7 Å². The van der Waals surface area contributed by atoms with Gasteiger partial charge in [0.1, 0.15) is 5.82 Å². The number of imidazole rings is 1. The van der Waals surface area contributed by atoms with Gasteiger partial charge in [-0.1, -0.05) is 13.3 Å². The van der Waals surface area contributed by atoms with Crippen LogP contribution in [0.1, 0.15) is 69.3 Å². The minimum Gasteiger partial charge on any atom is -0.342 e. The molecule has 1 aromatic heterocycles. The SMILES string of the molecule is CCN1CCC(CC(=O)N2CCC(Cn3c(C)cnc3C3CCC3)C2)CC1. The number of rotatable bonds is 6. The molecule has 0 bridgehead atoms. The number of likely N-dealkylation sites (tertiary alicyclic amines) is 2. The van der Waals surface area contributed by atoms with E-state index in [9.17, 15) is 4.79 Å². The number of nitrogens with zero attached hydrogens (tertiary/aromatic N) is 4. The van der Waals surface area contributed by atoms with E-state index < -0.39 is 0 Å². The van der Waals surface area contributed by atoms with Gasteiger partial charge in [0.2, 0.25) is 5.91 Å². The maximum absolute atomic E-state index is 12.8. The lowest BCUT2D eigenvalue weighted by molar-refractivity contribution is -0.131. The van der Waals surface area contributed by atoms with Gasteiger partial charge in [0.15, 0.2) is 0 Å². The molecule has 27 heavy (non-hydrogen) atoms. The van der Waals surface area contributed by atoms with E-state index in [0.29, 0.717) is 23.7 Å². The Hall–Kier alpha value is -1.36. The molecule has 1 saturated carbocycles. The quantitative estimate of drug-likeness (QED) is 0.768. The van der Waals surface area contributed by atoms with Crippen molar-refractivity contribution in [2.75, 3.05) is 32.7 Å². The Morgan fingerprint density at radius 1 is 1.11 bits per heavy atom. The fourth-order valence-corrected chi connectivity index (χ4v) is 5.06. The summed E-state index contributed by atoms with van der Waals surface area (Å²) in [7, 11) is 0. The first-order valence-corrected chi connectivity index (χ1v) is 11.2. The number of hydrogen-bond acceptors (Lipinski definition) is 3. The predicted octanol–water partition coefficient (Wildman–Crippen LogP) is 3.43. The molecule has 0 aromatic carbocycles. The van der Waals surface area contributed by atoms with E-state index in [-0.39, 0.29) is 0 Å². The van der Waals surface area contributed by atoms with Gasteiger partial charge in [-0.25, -0.2) is 4.98 Å². The summed E-state index contributed by atoms with van der Waals surface area (Å²) in [5.41, 5.74) is 1.28. The Morgan fingerprint density at radius 2 is 1.85 bits per heavy atom. The van der Waals surface area contributed by atoms with Crippen molar-refractivity contribution in [1.82, 2.24) is 19.4 Å². The third-order valence-electron chi connectivity index (χ3n) is 7.25. The highest BCUT2D eigenvalue weighted by atomic mass is 16.2. The van der Waals surface area contributed by atoms with E-state index in [1.165, 1.54) is 56.7 Å². The highest BCUT2D eigenvalue weighted by Gasteiger charge is 2.31. The van der Waals surface area contributed by atoms with Crippen LogP contribution >= 0.6 is 0 Å². The molecule has 0 N–H and O–H groups in total. The van der Waals surface area contributed by atoms with Crippen molar-refractivity contribution >= 4 is 5.91 Å². The van der Waals surface area contributed by atoms with Crippen molar-refractivity contribution in [1.29, 1.82) is 0 Å². The molecule has 2 saturated heterocycles. The van der Waals surface area contributed by atoms with E-state index in [4.69, 9.17) is 4.98 Å². The summed E-state index contributed by atoms with van der Waals surface area (Å²) >= 11 is 0. The first kappa shape index (κ1) is 19.0. The molecule has 1 atom stereocenters. The molecule has 3 aliphatic rings. The molecule has 2 aliphatic heterocycles. The average Bonchev–Trinajstić information content (AvgIpc) is 3.23. The number of aromatic nitrogens is 2. The molecule has 3 heterocycles. The van der Waals surface area contributed by atoms with E-state index >= 15 is 0 Å². The summed E-state index contributed by atoms with van der Waals surface area (Å²) in [5, 5.41) is 0. The van der Waals surface area contributed by atoms with Gasteiger partial charge in [-0.05, 0) is 70.5 Å². The average molecular weight is 373 g/mol. The van der Waals surface area contributed by atoms with E-state index in [0.717, 1.165) is 39.0 Å². The lowest BCUT2D eigenvalue weighted by atomic mass is 9.84. The summed E-state index contributed by atoms with van der Waals surface area (Å²) in [6.45, 7) is 10.8. The number of aryl methyl sites for hydroxylation is 1. The number of carbonyl (C=O) groups excluding carboxylic acids is 1. The van der Waals surface area contributed by atoms with Gasteiger partial charge in [0.25, 0.3) is 0 Å². The van der Waals surface area contributed by atoms with Gasteiger partial charge < -0.3 is 14.4 Å². The molecule has 1 unspecified atom stereocenters. The van der Waals surface area contributed by atoms with Crippen LogP contribution in [0.25, 0.3) is 0 Å². The van der Waals surface area contributed by atoms with Crippen LogP contribution in [0, 0.1) is 18.8 Å². The van der Waals surface area contributed by atoms with Gasteiger partial charge in [0.05, 0.1) is 0 Å². The fourth-order valence-electron chi connectivity index (χ4n) is 5.06.